The molecule has 5 nitrogen and oxygen atoms in total. The summed E-state index contributed by atoms with van der Waals surface area (Å²) >= 11 is 4.68. The van der Waals surface area contributed by atoms with E-state index in [1.807, 2.05) is 55.0 Å². The molecule has 0 spiro atoms. The molecule has 1 aromatic carbocycles. The van der Waals surface area contributed by atoms with Crippen LogP contribution in [0.4, 0.5) is 5.69 Å². The molecule has 0 fully saturated rings. The average molecular weight is 405 g/mol. The van der Waals surface area contributed by atoms with Crippen LogP contribution < -0.4 is 5.32 Å². The van der Waals surface area contributed by atoms with E-state index in [0.29, 0.717) is 0 Å². The Bertz CT molecular complexity index is 876. The van der Waals surface area contributed by atoms with Crippen LogP contribution in [0.3, 0.4) is 0 Å². The summed E-state index contributed by atoms with van der Waals surface area (Å²) in [4.78, 5) is 14.8. The molecule has 0 saturated carbocycles. The Morgan fingerprint density at radius 2 is 2.08 bits per heavy atom. The van der Waals surface area contributed by atoms with Crippen molar-refractivity contribution < 1.29 is 4.79 Å². The Balaban J connectivity index is 1.73. The van der Waals surface area contributed by atoms with Gasteiger partial charge in [-0.1, -0.05) is 30.0 Å². The van der Waals surface area contributed by atoms with Crippen LogP contribution in [-0.2, 0) is 11.3 Å². The molecule has 8 heteroatoms. The van der Waals surface area contributed by atoms with Gasteiger partial charge in [0.15, 0.2) is 11.0 Å². The van der Waals surface area contributed by atoms with Crippen LogP contribution in [0.2, 0.25) is 0 Å². The van der Waals surface area contributed by atoms with Crippen molar-refractivity contribution in [2.24, 2.45) is 0 Å². The van der Waals surface area contributed by atoms with E-state index >= 15 is 0 Å². The lowest BCUT2D eigenvalue weighted by Gasteiger charge is -2.14. The van der Waals surface area contributed by atoms with Crippen molar-refractivity contribution >= 4 is 46.5 Å². The smallest absolute Gasteiger partial charge is 0.237 e. The van der Waals surface area contributed by atoms with Crippen LogP contribution in [0.15, 0.2) is 51.8 Å². The van der Waals surface area contributed by atoms with Crippen molar-refractivity contribution in [3.63, 3.8) is 0 Å². The third kappa shape index (κ3) is 4.13. The number of carbonyl (C=O) groups excluding carboxylic acids is 1. The van der Waals surface area contributed by atoms with E-state index in [2.05, 4.69) is 27.0 Å². The third-order valence-corrected chi connectivity index (χ3v) is 6.53. The normalized spacial score (nSPS) is 12.1. The van der Waals surface area contributed by atoms with E-state index < -0.39 is 0 Å². The number of thioether (sulfide) groups is 2. The van der Waals surface area contributed by atoms with Gasteiger partial charge in [-0.15, -0.1) is 33.3 Å². The van der Waals surface area contributed by atoms with Crippen molar-refractivity contribution in [2.45, 2.75) is 35.7 Å². The van der Waals surface area contributed by atoms with E-state index in [1.54, 1.807) is 23.1 Å². The number of thiophene rings is 1. The molecule has 0 aliphatic carbocycles. The number of benzene rings is 1. The number of amides is 1. The highest BCUT2D eigenvalue weighted by Crippen LogP contribution is 2.30. The highest BCUT2D eigenvalue weighted by Gasteiger charge is 2.21. The average Bonchev–Trinajstić information content (AvgIpc) is 3.31. The lowest BCUT2D eigenvalue weighted by atomic mass is 10.3. The zero-order valence-electron chi connectivity index (χ0n) is 14.8. The van der Waals surface area contributed by atoms with Crippen molar-refractivity contribution in [1.82, 2.24) is 14.8 Å². The third-order valence-electron chi connectivity index (χ3n) is 3.79. The maximum atomic E-state index is 12.6. The van der Waals surface area contributed by atoms with Gasteiger partial charge < -0.3 is 9.88 Å². The number of anilines is 1. The number of para-hydroxylation sites is 1. The molecule has 3 rings (SSSR count). The number of hydrogen-bond donors (Lipinski definition) is 1. The minimum absolute atomic E-state index is 0.0418. The molecule has 3 aromatic rings. The molecule has 0 aliphatic heterocycles. The Kier molecular flexibility index (Phi) is 6.39. The summed E-state index contributed by atoms with van der Waals surface area (Å²) in [6.45, 7) is 4.71. The van der Waals surface area contributed by atoms with E-state index in [9.17, 15) is 4.79 Å². The number of nitrogens with zero attached hydrogens (tertiary/aromatic N) is 3. The molecular formula is C18H20N4OS3. The number of aromatic nitrogens is 3. The molecule has 1 amide bonds. The Labute approximate surface area is 165 Å². The molecule has 26 heavy (non-hydrogen) atoms. The van der Waals surface area contributed by atoms with E-state index in [-0.39, 0.29) is 11.2 Å². The molecule has 1 atom stereocenters. The molecule has 0 aliphatic rings. The predicted molar refractivity (Wildman–Crippen MR) is 111 cm³/mol. The van der Waals surface area contributed by atoms with Crippen LogP contribution in [-0.4, -0.2) is 32.2 Å². The van der Waals surface area contributed by atoms with Gasteiger partial charge in [-0.3, -0.25) is 4.79 Å². The van der Waals surface area contributed by atoms with Gasteiger partial charge in [0.05, 0.1) is 15.8 Å². The summed E-state index contributed by atoms with van der Waals surface area (Å²) < 4.78 is 2.05. The number of carbonyl (C=O) groups is 1. The fraction of sp³-hybridized carbons (Fsp3) is 0.278. The summed E-state index contributed by atoms with van der Waals surface area (Å²) in [6.07, 6.45) is 2.00. The van der Waals surface area contributed by atoms with Gasteiger partial charge in [-0.05, 0) is 43.7 Å². The topological polar surface area (TPSA) is 59.8 Å². The molecule has 0 bridgehead atoms. The fourth-order valence-electron chi connectivity index (χ4n) is 2.44. The van der Waals surface area contributed by atoms with Gasteiger partial charge in [-0.2, -0.15) is 0 Å². The number of hydrogen-bond acceptors (Lipinski definition) is 6. The summed E-state index contributed by atoms with van der Waals surface area (Å²) in [6, 6.07) is 11.8. The van der Waals surface area contributed by atoms with Crippen molar-refractivity contribution in [3.05, 3.63) is 41.8 Å². The molecule has 1 N–H and O–H groups in total. The maximum Gasteiger partial charge on any atom is 0.237 e. The first-order chi connectivity index (χ1) is 12.6. The van der Waals surface area contributed by atoms with E-state index in [1.165, 1.54) is 11.8 Å². The zero-order valence-corrected chi connectivity index (χ0v) is 17.3. The van der Waals surface area contributed by atoms with E-state index in [4.69, 9.17) is 0 Å². The van der Waals surface area contributed by atoms with Crippen molar-refractivity contribution in [1.29, 1.82) is 0 Å². The quantitative estimate of drug-likeness (QED) is 0.570. The van der Waals surface area contributed by atoms with Crippen molar-refractivity contribution in [3.8, 4) is 10.7 Å². The Morgan fingerprint density at radius 1 is 1.27 bits per heavy atom. The van der Waals surface area contributed by atoms with Gasteiger partial charge in [-0.25, -0.2) is 0 Å². The second-order valence-electron chi connectivity index (χ2n) is 5.48. The molecule has 2 aromatic heterocycles. The zero-order chi connectivity index (χ0) is 18.5. The highest BCUT2D eigenvalue weighted by atomic mass is 32.2. The molecule has 2 heterocycles. The number of nitrogens with one attached hydrogen (secondary N) is 1. The monoisotopic (exact) mass is 404 g/mol. The highest BCUT2D eigenvalue weighted by molar-refractivity contribution is 8.00. The van der Waals surface area contributed by atoms with Gasteiger partial charge >= 0.3 is 0 Å². The second-order valence-corrected chi connectivity index (χ2v) is 8.58. The van der Waals surface area contributed by atoms with Crippen LogP contribution in [0.5, 0.6) is 0 Å². The first-order valence-electron chi connectivity index (χ1n) is 8.21. The largest absolute Gasteiger partial charge is 0.324 e. The molecular weight excluding hydrogens is 384 g/mol. The first-order valence-corrected chi connectivity index (χ1v) is 11.2. The van der Waals surface area contributed by atoms with Crippen LogP contribution in [0, 0.1) is 0 Å². The lowest BCUT2D eigenvalue weighted by Crippen LogP contribution is -2.23. The molecule has 0 saturated heterocycles. The Hall–Kier alpha value is -1.77. The molecule has 1 unspecified atom stereocenters. The summed E-state index contributed by atoms with van der Waals surface area (Å²) in [5, 5.41) is 14.1. The minimum atomic E-state index is -0.282. The second kappa shape index (κ2) is 8.75. The van der Waals surface area contributed by atoms with E-state index in [0.717, 1.165) is 33.0 Å². The Morgan fingerprint density at radius 3 is 2.77 bits per heavy atom. The number of rotatable bonds is 7. The van der Waals surface area contributed by atoms with Crippen LogP contribution >= 0.6 is 34.9 Å². The standard InChI is InChI=1S/C18H20N4OS3/c1-4-22-16(15-10-7-11-25-15)20-21-18(22)26-12(2)17(23)19-13-8-5-6-9-14(13)24-3/h5-12H,4H2,1-3H3,(H,19,23). The summed E-state index contributed by atoms with van der Waals surface area (Å²) in [5.41, 5.74) is 0.841. The minimum Gasteiger partial charge on any atom is -0.324 e. The lowest BCUT2D eigenvalue weighted by molar-refractivity contribution is -0.115. The SMILES string of the molecule is CCn1c(SC(C)C(=O)Nc2ccccc2SC)nnc1-c1cccs1. The van der Waals surface area contributed by atoms with Gasteiger partial charge in [0.25, 0.3) is 0 Å². The maximum absolute atomic E-state index is 12.6. The van der Waals surface area contributed by atoms with Gasteiger partial charge in [0, 0.05) is 11.4 Å². The predicted octanol–water partition coefficient (Wildman–Crippen LogP) is 4.87. The molecule has 0 radical (unpaired) electrons. The fourth-order valence-corrected chi connectivity index (χ4v) is 4.63. The van der Waals surface area contributed by atoms with Crippen molar-refractivity contribution in [2.75, 3.05) is 11.6 Å². The van der Waals surface area contributed by atoms with Crippen LogP contribution in [0.1, 0.15) is 13.8 Å². The van der Waals surface area contributed by atoms with Crippen LogP contribution in [0.25, 0.3) is 10.7 Å². The summed E-state index contributed by atoms with van der Waals surface area (Å²) in [5.74, 6) is 0.810. The first kappa shape index (κ1) is 19.0. The summed E-state index contributed by atoms with van der Waals surface area (Å²) in [7, 11) is 0. The molecule has 136 valence electrons. The van der Waals surface area contributed by atoms with Gasteiger partial charge in [0.2, 0.25) is 5.91 Å². The van der Waals surface area contributed by atoms with Gasteiger partial charge in [0.1, 0.15) is 0 Å².